The molecule has 1 aromatic carbocycles. The van der Waals surface area contributed by atoms with Crippen molar-refractivity contribution in [2.45, 2.75) is 45.8 Å². The zero-order valence-corrected chi connectivity index (χ0v) is 15.5. The monoisotopic (exact) mass is 357 g/mol. The van der Waals surface area contributed by atoms with Gasteiger partial charge in [0.25, 0.3) is 0 Å². The second-order valence-corrected chi connectivity index (χ2v) is 7.35. The van der Waals surface area contributed by atoms with E-state index in [1.54, 1.807) is 16.2 Å². The molecule has 6 heteroatoms. The van der Waals surface area contributed by atoms with Crippen LogP contribution in [0.1, 0.15) is 35.9 Å². The van der Waals surface area contributed by atoms with Crippen molar-refractivity contribution in [3.63, 3.8) is 0 Å². The van der Waals surface area contributed by atoms with Crippen LogP contribution in [0.5, 0.6) is 0 Å². The van der Waals surface area contributed by atoms with E-state index in [2.05, 4.69) is 4.98 Å². The summed E-state index contributed by atoms with van der Waals surface area (Å²) in [5, 5.41) is 0. The molecule has 25 heavy (non-hydrogen) atoms. The third kappa shape index (κ3) is 4.07. The number of carbonyl (C=O) groups excluding carboxylic acids is 2. The van der Waals surface area contributed by atoms with Gasteiger partial charge in [0.1, 0.15) is 6.04 Å². The molecule has 1 aliphatic rings. The number of nitrogens with zero attached hydrogens (tertiary/aromatic N) is 3. The molecule has 1 fully saturated rings. The van der Waals surface area contributed by atoms with Crippen molar-refractivity contribution in [1.29, 1.82) is 0 Å². The van der Waals surface area contributed by atoms with Gasteiger partial charge in [0.15, 0.2) is 0 Å². The van der Waals surface area contributed by atoms with Gasteiger partial charge in [-0.25, -0.2) is 4.98 Å². The predicted molar refractivity (Wildman–Crippen MR) is 98.0 cm³/mol. The molecule has 5 nitrogen and oxygen atoms in total. The molecule has 2 heterocycles. The summed E-state index contributed by atoms with van der Waals surface area (Å²) in [4.78, 5) is 34.1. The number of hydrogen-bond donors (Lipinski definition) is 0. The highest BCUT2D eigenvalue weighted by Gasteiger charge is 2.32. The van der Waals surface area contributed by atoms with E-state index in [9.17, 15) is 9.59 Å². The third-order valence-corrected chi connectivity index (χ3v) is 5.56. The van der Waals surface area contributed by atoms with Crippen molar-refractivity contribution < 1.29 is 9.59 Å². The molecule has 0 N–H and O–H groups in total. The van der Waals surface area contributed by atoms with Crippen LogP contribution in [0, 0.1) is 6.92 Å². The first-order valence-electron chi connectivity index (χ1n) is 8.57. The highest BCUT2D eigenvalue weighted by Crippen LogP contribution is 2.20. The fraction of sp³-hybridized carbons (Fsp3) is 0.421. The van der Waals surface area contributed by atoms with Crippen LogP contribution < -0.4 is 0 Å². The summed E-state index contributed by atoms with van der Waals surface area (Å²) in [5.41, 5.74) is 3.85. The minimum atomic E-state index is -0.424. The molecular formula is C19H23N3O2S. The van der Waals surface area contributed by atoms with E-state index in [0.29, 0.717) is 26.1 Å². The highest BCUT2D eigenvalue weighted by molar-refractivity contribution is 7.09. The summed E-state index contributed by atoms with van der Waals surface area (Å²) in [6.45, 7) is 5.53. The van der Waals surface area contributed by atoms with Crippen molar-refractivity contribution in [3.05, 3.63) is 52.0 Å². The molecule has 0 bridgehead atoms. The maximum atomic E-state index is 13.1. The fourth-order valence-electron chi connectivity index (χ4n) is 3.14. The summed E-state index contributed by atoms with van der Waals surface area (Å²) < 4.78 is 0. The number of rotatable bonds is 6. The minimum absolute atomic E-state index is 0.00750. The van der Waals surface area contributed by atoms with Crippen LogP contribution in [0.25, 0.3) is 0 Å². The van der Waals surface area contributed by atoms with E-state index in [1.807, 2.05) is 54.6 Å². The van der Waals surface area contributed by atoms with Gasteiger partial charge >= 0.3 is 0 Å². The Bertz CT molecular complexity index is 744. The van der Waals surface area contributed by atoms with Gasteiger partial charge < -0.3 is 9.80 Å². The summed E-state index contributed by atoms with van der Waals surface area (Å²) >= 11 is 1.56. The average Bonchev–Trinajstić information content (AvgIpc) is 3.22. The van der Waals surface area contributed by atoms with Crippen molar-refractivity contribution in [3.8, 4) is 0 Å². The summed E-state index contributed by atoms with van der Waals surface area (Å²) in [7, 11) is 0. The van der Waals surface area contributed by atoms with Crippen LogP contribution in [0.2, 0.25) is 0 Å². The second-order valence-electron chi connectivity index (χ2n) is 6.41. The van der Waals surface area contributed by atoms with E-state index in [1.165, 1.54) is 0 Å². The van der Waals surface area contributed by atoms with Crippen molar-refractivity contribution in [1.82, 2.24) is 14.8 Å². The molecule has 1 atom stereocenters. The van der Waals surface area contributed by atoms with Crippen LogP contribution in [0.15, 0.2) is 35.8 Å². The lowest BCUT2D eigenvalue weighted by atomic mass is 10.1. The van der Waals surface area contributed by atoms with E-state index in [4.69, 9.17) is 0 Å². The Hall–Kier alpha value is -2.21. The zero-order chi connectivity index (χ0) is 17.8. The van der Waals surface area contributed by atoms with Gasteiger partial charge in [0.2, 0.25) is 11.8 Å². The maximum absolute atomic E-state index is 13.1. The predicted octanol–water partition coefficient (Wildman–Crippen LogP) is 2.99. The van der Waals surface area contributed by atoms with Gasteiger partial charge in [0, 0.05) is 24.4 Å². The first kappa shape index (κ1) is 17.6. The van der Waals surface area contributed by atoms with Crippen molar-refractivity contribution in [2.75, 3.05) is 6.54 Å². The Morgan fingerprint density at radius 3 is 2.68 bits per heavy atom. The number of likely N-dealkylation sites (tertiary alicyclic amines) is 1. The van der Waals surface area contributed by atoms with E-state index < -0.39 is 6.04 Å². The number of benzene rings is 1. The van der Waals surface area contributed by atoms with Gasteiger partial charge in [-0.05, 0) is 25.8 Å². The van der Waals surface area contributed by atoms with E-state index >= 15 is 0 Å². The normalized spacial score (nSPS) is 15.4. The number of hydrogen-bond acceptors (Lipinski definition) is 4. The molecule has 3 rings (SSSR count). The van der Waals surface area contributed by atoms with Crippen molar-refractivity contribution in [2.24, 2.45) is 0 Å². The summed E-state index contributed by atoms with van der Waals surface area (Å²) in [5.74, 6) is 0.0707. The number of aromatic nitrogens is 1. The van der Waals surface area contributed by atoms with E-state index in [-0.39, 0.29) is 11.8 Å². The van der Waals surface area contributed by atoms with E-state index in [0.717, 1.165) is 22.6 Å². The SMILES string of the molecule is Cc1ncsc1CN(Cc1ccccc1)C(=O)[C@H](C)N1CCCC1=O. The molecule has 1 aliphatic heterocycles. The molecule has 0 radical (unpaired) electrons. The Balaban J connectivity index is 1.80. The minimum Gasteiger partial charge on any atom is -0.331 e. The van der Waals surface area contributed by atoms with Crippen molar-refractivity contribution >= 4 is 23.2 Å². The third-order valence-electron chi connectivity index (χ3n) is 4.64. The lowest BCUT2D eigenvalue weighted by Crippen LogP contribution is -2.47. The molecule has 0 saturated carbocycles. The topological polar surface area (TPSA) is 53.5 Å². The van der Waals surface area contributed by atoms with Gasteiger partial charge in [-0.15, -0.1) is 11.3 Å². The Morgan fingerprint density at radius 2 is 2.08 bits per heavy atom. The molecule has 0 aliphatic carbocycles. The molecule has 0 spiro atoms. The Morgan fingerprint density at radius 1 is 1.32 bits per heavy atom. The van der Waals surface area contributed by atoms with Gasteiger partial charge in [-0.1, -0.05) is 30.3 Å². The molecular weight excluding hydrogens is 334 g/mol. The molecule has 1 saturated heterocycles. The van der Waals surface area contributed by atoms with Crippen LogP contribution in [0.4, 0.5) is 0 Å². The first-order valence-corrected chi connectivity index (χ1v) is 9.45. The molecule has 1 aromatic heterocycles. The van der Waals surface area contributed by atoms with Gasteiger partial charge in [-0.2, -0.15) is 0 Å². The molecule has 2 aromatic rings. The van der Waals surface area contributed by atoms with Gasteiger partial charge in [0.05, 0.1) is 17.7 Å². The van der Waals surface area contributed by atoms with Crippen LogP contribution in [-0.4, -0.2) is 39.2 Å². The fourth-order valence-corrected chi connectivity index (χ4v) is 3.93. The largest absolute Gasteiger partial charge is 0.331 e. The molecule has 0 unspecified atom stereocenters. The number of carbonyl (C=O) groups is 2. The molecule has 132 valence electrons. The number of amides is 2. The lowest BCUT2D eigenvalue weighted by Gasteiger charge is -2.30. The van der Waals surface area contributed by atoms with Crippen LogP contribution in [0.3, 0.4) is 0 Å². The average molecular weight is 357 g/mol. The summed E-state index contributed by atoms with van der Waals surface area (Å²) in [6.07, 6.45) is 1.38. The number of aryl methyl sites for hydroxylation is 1. The number of thiazole rings is 1. The lowest BCUT2D eigenvalue weighted by molar-refractivity contribution is -0.143. The summed E-state index contributed by atoms with van der Waals surface area (Å²) in [6, 6.07) is 9.53. The smallest absolute Gasteiger partial charge is 0.245 e. The van der Waals surface area contributed by atoms with Gasteiger partial charge in [-0.3, -0.25) is 9.59 Å². The molecule has 2 amide bonds. The van der Waals surface area contributed by atoms with Crippen LogP contribution in [-0.2, 0) is 22.7 Å². The Labute approximate surface area is 152 Å². The highest BCUT2D eigenvalue weighted by atomic mass is 32.1. The van der Waals surface area contributed by atoms with Crippen LogP contribution >= 0.6 is 11.3 Å². The zero-order valence-electron chi connectivity index (χ0n) is 14.6. The maximum Gasteiger partial charge on any atom is 0.245 e. The quantitative estimate of drug-likeness (QED) is 0.799. The first-order chi connectivity index (χ1) is 12.1. The Kier molecular flexibility index (Phi) is 5.48. The second kappa shape index (κ2) is 7.78. The standard InChI is InChI=1S/C19H23N3O2S/c1-14-17(25-13-20-14)12-21(11-16-7-4-3-5-8-16)19(24)15(2)22-10-6-9-18(22)23/h3-5,7-8,13,15H,6,9-12H2,1-2H3/t15-/m0/s1.